The maximum Gasteiger partial charge on any atom is 0.306 e. The van der Waals surface area contributed by atoms with E-state index in [1.165, 1.54) is 18.3 Å². The van der Waals surface area contributed by atoms with Crippen LogP contribution < -0.4 is 11.1 Å². The maximum absolute atomic E-state index is 14.3. The van der Waals surface area contributed by atoms with E-state index < -0.39 is 47.4 Å². The van der Waals surface area contributed by atoms with E-state index in [-0.39, 0.29) is 54.5 Å². The minimum atomic E-state index is -0.960. The average Bonchev–Trinajstić information content (AvgIpc) is 3.60. The highest BCUT2D eigenvalue weighted by Crippen LogP contribution is 2.35. The van der Waals surface area contributed by atoms with Gasteiger partial charge in [-0.25, -0.2) is 4.98 Å². The Balaban J connectivity index is 1.83. The molecule has 1 aromatic carbocycles. The molecule has 1 aliphatic rings. The van der Waals surface area contributed by atoms with Gasteiger partial charge in [0.25, 0.3) is 5.91 Å². The molecule has 0 aliphatic carbocycles. The molecule has 294 valence electrons. The lowest BCUT2D eigenvalue weighted by molar-refractivity contribution is -0.150. The Morgan fingerprint density at radius 3 is 2.32 bits per heavy atom. The van der Waals surface area contributed by atoms with Gasteiger partial charge >= 0.3 is 11.9 Å². The molecule has 12 nitrogen and oxygen atoms in total. The molecule has 1 fully saturated rings. The predicted molar refractivity (Wildman–Crippen MR) is 207 cm³/mol. The van der Waals surface area contributed by atoms with Crippen LogP contribution in [-0.2, 0) is 30.3 Å². The van der Waals surface area contributed by atoms with E-state index >= 15 is 0 Å². The van der Waals surface area contributed by atoms with E-state index in [0.29, 0.717) is 17.1 Å². The molecule has 53 heavy (non-hydrogen) atoms. The Labute approximate surface area is 319 Å². The van der Waals surface area contributed by atoms with Crippen molar-refractivity contribution in [3.63, 3.8) is 0 Å². The summed E-state index contributed by atoms with van der Waals surface area (Å²) in [5.74, 6) is -3.24. The molecule has 0 bridgehead atoms. The second-order valence-corrected chi connectivity index (χ2v) is 16.4. The second-order valence-electron chi connectivity index (χ2n) is 15.5. The molecule has 2 heterocycles. The summed E-state index contributed by atoms with van der Waals surface area (Å²) in [6, 6.07) is 6.33. The van der Waals surface area contributed by atoms with Crippen LogP contribution in [0, 0.1) is 23.7 Å². The van der Waals surface area contributed by atoms with Gasteiger partial charge < -0.3 is 25.8 Å². The summed E-state index contributed by atoms with van der Waals surface area (Å²) in [6.07, 6.45) is 3.72. The van der Waals surface area contributed by atoms with Crippen molar-refractivity contribution in [1.29, 1.82) is 0 Å². The van der Waals surface area contributed by atoms with E-state index in [1.807, 2.05) is 53.8 Å². The number of rotatable bonds is 19. The van der Waals surface area contributed by atoms with Gasteiger partial charge in [0.2, 0.25) is 5.91 Å². The molecule has 2 aromatic rings. The highest BCUT2D eigenvalue weighted by atomic mass is 32.1. The third-order valence-electron chi connectivity index (χ3n) is 11.2. The number of thiazole rings is 1. The summed E-state index contributed by atoms with van der Waals surface area (Å²) in [5, 5.41) is 14.5. The molecule has 2 amide bonds. The van der Waals surface area contributed by atoms with E-state index in [4.69, 9.17) is 10.5 Å². The number of aliphatic carboxylic acids is 1. The summed E-state index contributed by atoms with van der Waals surface area (Å²) in [5.41, 5.74) is 6.85. The number of ether oxygens (including phenoxy) is 1. The first-order valence-corrected chi connectivity index (χ1v) is 19.8. The van der Waals surface area contributed by atoms with Crippen molar-refractivity contribution < 1.29 is 33.8 Å². The Morgan fingerprint density at radius 1 is 1.09 bits per heavy atom. The monoisotopic (exact) mass is 755 g/mol. The zero-order valence-corrected chi connectivity index (χ0v) is 33.8. The van der Waals surface area contributed by atoms with Crippen LogP contribution in [0.15, 0.2) is 29.6 Å². The van der Waals surface area contributed by atoms with E-state index in [2.05, 4.69) is 15.2 Å². The van der Waals surface area contributed by atoms with Crippen molar-refractivity contribution in [3.05, 3.63) is 45.9 Å². The van der Waals surface area contributed by atoms with Crippen molar-refractivity contribution in [3.8, 4) is 0 Å². The Kier molecular flexibility index (Phi) is 16.0. The SMILES string of the molecule is CC[C@H](C)[C@H](CC(=O)[C@]1(C)CCCCN1C)C(=O)N(C)[C@H](C[C@@H](OC(C)=O)c1nc(C(=O)N[C@@H](Cc2ccc(N)cc2)C[C@H](C)C(=O)O)cs1)C(C)C. The number of Topliss-reactive ketones (excluding diaryl/α,β-unsaturated/α-hetero) is 1. The Bertz CT molecular complexity index is 1560. The fourth-order valence-electron chi connectivity index (χ4n) is 7.22. The first-order valence-electron chi connectivity index (χ1n) is 18.9. The van der Waals surface area contributed by atoms with Gasteiger partial charge in [-0.15, -0.1) is 11.3 Å². The molecule has 0 radical (unpaired) electrons. The van der Waals surface area contributed by atoms with Crippen molar-refractivity contribution in [2.24, 2.45) is 23.7 Å². The number of nitrogen functional groups attached to an aromatic ring is 1. The number of benzene rings is 1. The number of nitrogens with one attached hydrogen (secondary N) is 1. The van der Waals surface area contributed by atoms with Crippen LogP contribution in [-0.4, -0.2) is 87.7 Å². The average molecular weight is 756 g/mol. The number of piperidine rings is 1. The van der Waals surface area contributed by atoms with Gasteiger partial charge in [-0.2, -0.15) is 0 Å². The highest BCUT2D eigenvalue weighted by molar-refractivity contribution is 7.09. The topological polar surface area (TPSA) is 172 Å². The third-order valence-corrected chi connectivity index (χ3v) is 12.1. The third kappa shape index (κ3) is 11.8. The summed E-state index contributed by atoms with van der Waals surface area (Å²) in [4.78, 5) is 74.2. The number of nitrogens with two attached hydrogens (primary N) is 1. The van der Waals surface area contributed by atoms with E-state index in [1.54, 1.807) is 36.4 Å². The van der Waals surface area contributed by atoms with Crippen molar-refractivity contribution >= 4 is 46.6 Å². The molecular weight excluding hydrogens is 695 g/mol. The first kappa shape index (κ1) is 43.6. The standard InChI is InChI=1S/C40H61N5O7S/c1-10-25(4)31(21-35(47)40(7)17-11-12-18-44(40)8)38(49)45(9)33(24(2)3)22-34(52-27(6)46)37-43-32(23-53-37)36(48)42-30(19-26(5)39(50)51)20-28-13-15-29(41)16-14-28/h13-16,23-26,30-31,33-34H,10-12,17-22,41H2,1-9H3,(H,42,48)(H,50,51)/t25-,26-,30+,31-,33+,34+,40-/m0/s1. The fourth-order valence-corrected chi connectivity index (χ4v) is 8.06. The number of ketones is 1. The smallest absolute Gasteiger partial charge is 0.306 e. The molecule has 0 unspecified atom stereocenters. The number of carboxylic acid groups (broad SMARTS) is 1. The molecule has 13 heteroatoms. The number of likely N-dealkylation sites (N-methyl/N-ethyl adjacent to an activating group) is 1. The van der Waals surface area contributed by atoms with Crippen LogP contribution in [0.1, 0.15) is 121 Å². The number of amides is 2. The molecule has 1 aliphatic heterocycles. The number of aromatic nitrogens is 1. The minimum Gasteiger partial charge on any atom is -0.481 e. The van der Waals surface area contributed by atoms with Crippen molar-refractivity contribution in [2.75, 3.05) is 26.4 Å². The van der Waals surface area contributed by atoms with E-state index in [0.717, 1.165) is 37.8 Å². The largest absolute Gasteiger partial charge is 0.481 e. The number of nitrogens with zero attached hydrogens (tertiary/aromatic N) is 3. The van der Waals surface area contributed by atoms with Gasteiger partial charge in [0.05, 0.1) is 11.5 Å². The van der Waals surface area contributed by atoms with Crippen LogP contribution in [0.5, 0.6) is 0 Å². The fraction of sp³-hybridized carbons (Fsp3) is 0.650. The van der Waals surface area contributed by atoms with Gasteiger partial charge in [-0.1, -0.05) is 53.2 Å². The number of anilines is 1. The van der Waals surface area contributed by atoms with Crippen LogP contribution in [0.25, 0.3) is 0 Å². The number of esters is 1. The molecule has 4 N–H and O–H groups in total. The number of likely N-dealkylation sites (tertiary alicyclic amines) is 1. The van der Waals surface area contributed by atoms with Gasteiger partial charge in [0.15, 0.2) is 11.9 Å². The lowest BCUT2D eigenvalue weighted by Gasteiger charge is -2.43. The zero-order valence-electron chi connectivity index (χ0n) is 33.0. The van der Waals surface area contributed by atoms with Gasteiger partial charge in [-0.05, 0) is 82.2 Å². The lowest BCUT2D eigenvalue weighted by atomic mass is 9.77. The number of carbonyl (C=O) groups is 5. The van der Waals surface area contributed by atoms with Crippen molar-refractivity contribution in [1.82, 2.24) is 20.1 Å². The van der Waals surface area contributed by atoms with E-state index in [9.17, 15) is 29.1 Å². The minimum absolute atomic E-state index is 0.0224. The lowest BCUT2D eigenvalue weighted by Crippen LogP contribution is -2.54. The molecular formula is C40H61N5O7S. The molecule has 1 aromatic heterocycles. The van der Waals surface area contributed by atoms with Crippen LogP contribution in [0.3, 0.4) is 0 Å². The molecule has 1 saturated heterocycles. The quantitative estimate of drug-likeness (QED) is 0.112. The predicted octanol–water partition coefficient (Wildman–Crippen LogP) is 6.15. The number of hydrogen-bond donors (Lipinski definition) is 3. The number of carbonyl (C=O) groups excluding carboxylic acids is 4. The summed E-state index contributed by atoms with van der Waals surface area (Å²) in [6.45, 7) is 13.8. The summed E-state index contributed by atoms with van der Waals surface area (Å²) < 4.78 is 5.79. The Morgan fingerprint density at radius 2 is 1.75 bits per heavy atom. The normalized spacial score (nSPS) is 19.7. The highest BCUT2D eigenvalue weighted by Gasteiger charge is 2.42. The van der Waals surface area contributed by atoms with Crippen LogP contribution in [0.2, 0.25) is 0 Å². The number of carboxylic acids is 1. The summed E-state index contributed by atoms with van der Waals surface area (Å²) >= 11 is 1.18. The van der Waals surface area contributed by atoms with Crippen LogP contribution in [0.4, 0.5) is 5.69 Å². The molecule has 3 rings (SSSR count). The van der Waals surface area contributed by atoms with Gasteiger partial charge in [-0.3, -0.25) is 28.9 Å². The van der Waals surface area contributed by atoms with Crippen molar-refractivity contribution in [2.45, 2.75) is 124 Å². The summed E-state index contributed by atoms with van der Waals surface area (Å²) in [7, 11) is 3.74. The van der Waals surface area contributed by atoms with Crippen LogP contribution >= 0.6 is 11.3 Å². The van der Waals surface area contributed by atoms with Gasteiger partial charge in [0.1, 0.15) is 10.7 Å². The maximum atomic E-state index is 14.3. The molecule has 7 atom stereocenters. The molecule has 0 spiro atoms. The zero-order chi connectivity index (χ0) is 39.6. The molecule has 0 saturated carbocycles. The second kappa shape index (κ2) is 19.5. The number of hydrogen-bond acceptors (Lipinski definition) is 10. The first-order chi connectivity index (χ1) is 24.9. The van der Waals surface area contributed by atoms with Gasteiger partial charge in [0, 0.05) is 55.9 Å². The Hall–Kier alpha value is -3.84.